The zero-order valence-electron chi connectivity index (χ0n) is 13.7. The van der Waals surface area contributed by atoms with E-state index in [1.807, 2.05) is 6.08 Å². The zero-order chi connectivity index (χ0) is 15.9. The molecule has 0 aromatic rings. The van der Waals surface area contributed by atoms with Gasteiger partial charge in [0.15, 0.2) is 0 Å². The number of allylic oxidation sites excluding steroid dienone is 1. The van der Waals surface area contributed by atoms with Crippen LogP contribution in [0.2, 0.25) is 0 Å². The molecular weight excluding hydrogens is 266 g/mol. The quantitative estimate of drug-likeness (QED) is 0.362. The zero-order valence-corrected chi connectivity index (χ0v) is 13.7. The van der Waals surface area contributed by atoms with Crippen LogP contribution >= 0.6 is 0 Å². The Morgan fingerprint density at radius 2 is 1.76 bits per heavy atom. The van der Waals surface area contributed by atoms with Gasteiger partial charge in [-0.2, -0.15) is 0 Å². The minimum absolute atomic E-state index is 0.0912. The van der Waals surface area contributed by atoms with Gasteiger partial charge in [-0.15, -0.1) is 0 Å². The van der Waals surface area contributed by atoms with E-state index in [4.69, 9.17) is 0 Å². The van der Waals surface area contributed by atoms with Crippen LogP contribution in [0.3, 0.4) is 0 Å². The molecule has 0 aliphatic carbocycles. The Labute approximate surface area is 129 Å². The second-order valence-electron chi connectivity index (χ2n) is 5.58. The molecule has 3 N–H and O–H groups in total. The van der Waals surface area contributed by atoms with Crippen molar-refractivity contribution in [3.63, 3.8) is 0 Å². The average Bonchev–Trinajstić information content (AvgIpc) is 2.48. The topological polar surface area (TPSA) is 69.6 Å². The molecule has 1 amide bonds. The third-order valence-electron chi connectivity index (χ3n) is 3.52. The van der Waals surface area contributed by atoms with Gasteiger partial charge in [-0.25, -0.2) is 0 Å². The fourth-order valence-corrected chi connectivity index (χ4v) is 2.10. The first kappa shape index (κ1) is 20.1. The van der Waals surface area contributed by atoms with Gasteiger partial charge in [0, 0.05) is 6.42 Å². The van der Waals surface area contributed by atoms with E-state index in [1.54, 1.807) is 6.08 Å². The Kier molecular flexibility index (Phi) is 13.5. The summed E-state index contributed by atoms with van der Waals surface area (Å²) in [5.41, 5.74) is 0. The Balaban J connectivity index is 3.94. The molecule has 124 valence electrons. The Hall–Kier alpha value is -0.870. The maximum atomic E-state index is 11.8. The van der Waals surface area contributed by atoms with E-state index >= 15 is 0 Å². The molecule has 0 aliphatic heterocycles. The van der Waals surface area contributed by atoms with Crippen LogP contribution in [0.1, 0.15) is 71.6 Å². The summed E-state index contributed by atoms with van der Waals surface area (Å²) in [6.45, 7) is 4.02. The summed E-state index contributed by atoms with van der Waals surface area (Å²) in [7, 11) is 0. The second kappa shape index (κ2) is 14.1. The molecule has 0 spiro atoms. The molecule has 0 aromatic heterocycles. The van der Waals surface area contributed by atoms with Crippen LogP contribution in [0.5, 0.6) is 0 Å². The standard InChI is InChI=1S/C17H33NO3/c1-3-5-7-9-11-13-17(21)18-15(14-19)16(20)12-10-8-6-4-2/h10,12,15-16,19-20H,3-9,11,13-14H2,1-2H3,(H,18,21)/b12-10+. The highest BCUT2D eigenvalue weighted by Crippen LogP contribution is 2.06. The van der Waals surface area contributed by atoms with Crippen LogP contribution in [-0.4, -0.2) is 34.9 Å². The summed E-state index contributed by atoms with van der Waals surface area (Å²) in [5.74, 6) is -0.0912. The average molecular weight is 299 g/mol. The molecule has 0 rings (SSSR count). The lowest BCUT2D eigenvalue weighted by Gasteiger charge is -2.19. The predicted molar refractivity (Wildman–Crippen MR) is 87.1 cm³/mol. The van der Waals surface area contributed by atoms with E-state index in [2.05, 4.69) is 19.2 Å². The summed E-state index contributed by atoms with van der Waals surface area (Å²) >= 11 is 0. The van der Waals surface area contributed by atoms with E-state index in [1.165, 1.54) is 12.8 Å². The number of amides is 1. The highest BCUT2D eigenvalue weighted by Gasteiger charge is 2.17. The number of carbonyl (C=O) groups is 1. The van der Waals surface area contributed by atoms with Crippen LogP contribution in [0.15, 0.2) is 12.2 Å². The number of aliphatic hydroxyl groups excluding tert-OH is 2. The maximum absolute atomic E-state index is 11.8. The molecule has 0 radical (unpaired) electrons. The number of unbranched alkanes of at least 4 members (excludes halogenated alkanes) is 6. The van der Waals surface area contributed by atoms with Gasteiger partial charge < -0.3 is 15.5 Å². The highest BCUT2D eigenvalue weighted by molar-refractivity contribution is 5.76. The molecule has 21 heavy (non-hydrogen) atoms. The smallest absolute Gasteiger partial charge is 0.220 e. The van der Waals surface area contributed by atoms with Crippen molar-refractivity contribution in [2.45, 2.75) is 83.8 Å². The predicted octanol–water partition coefficient (Wildman–Crippen LogP) is 2.93. The molecule has 0 heterocycles. The summed E-state index contributed by atoms with van der Waals surface area (Å²) in [6.07, 6.45) is 11.8. The van der Waals surface area contributed by atoms with Crippen molar-refractivity contribution in [2.75, 3.05) is 6.61 Å². The SMILES string of the molecule is CCCC/C=C/C(O)C(CO)NC(=O)CCCCCCC. The minimum Gasteiger partial charge on any atom is -0.394 e. The highest BCUT2D eigenvalue weighted by atomic mass is 16.3. The number of hydrogen-bond donors (Lipinski definition) is 3. The van der Waals surface area contributed by atoms with Gasteiger partial charge in [0.05, 0.1) is 18.8 Å². The number of hydrogen-bond acceptors (Lipinski definition) is 3. The Morgan fingerprint density at radius 1 is 1.10 bits per heavy atom. The third kappa shape index (κ3) is 11.5. The number of aliphatic hydroxyl groups is 2. The van der Waals surface area contributed by atoms with Crippen molar-refractivity contribution in [1.29, 1.82) is 0 Å². The molecule has 0 aromatic carbocycles. The number of rotatable bonds is 13. The van der Waals surface area contributed by atoms with Gasteiger partial charge in [-0.05, 0) is 12.8 Å². The van der Waals surface area contributed by atoms with Gasteiger partial charge in [0.1, 0.15) is 0 Å². The molecule has 2 atom stereocenters. The summed E-state index contributed by atoms with van der Waals surface area (Å²) < 4.78 is 0. The molecule has 0 saturated carbocycles. The van der Waals surface area contributed by atoms with Crippen LogP contribution in [-0.2, 0) is 4.79 Å². The van der Waals surface area contributed by atoms with E-state index in [0.29, 0.717) is 6.42 Å². The van der Waals surface area contributed by atoms with Gasteiger partial charge in [0.25, 0.3) is 0 Å². The van der Waals surface area contributed by atoms with Crippen molar-refractivity contribution < 1.29 is 15.0 Å². The minimum atomic E-state index is -0.823. The van der Waals surface area contributed by atoms with Crippen LogP contribution in [0.4, 0.5) is 0 Å². The molecule has 0 saturated heterocycles. The first-order valence-electron chi connectivity index (χ1n) is 8.40. The Bertz CT molecular complexity index is 279. The molecule has 2 unspecified atom stereocenters. The van der Waals surface area contributed by atoms with Gasteiger partial charge in [0.2, 0.25) is 5.91 Å². The second-order valence-corrected chi connectivity index (χ2v) is 5.58. The lowest BCUT2D eigenvalue weighted by molar-refractivity contribution is -0.123. The van der Waals surface area contributed by atoms with E-state index in [9.17, 15) is 15.0 Å². The lowest BCUT2D eigenvalue weighted by atomic mass is 10.1. The van der Waals surface area contributed by atoms with Crippen molar-refractivity contribution in [2.24, 2.45) is 0 Å². The van der Waals surface area contributed by atoms with Crippen molar-refractivity contribution in [1.82, 2.24) is 5.32 Å². The largest absolute Gasteiger partial charge is 0.394 e. The van der Waals surface area contributed by atoms with Crippen molar-refractivity contribution in [3.05, 3.63) is 12.2 Å². The molecule has 4 heteroatoms. The van der Waals surface area contributed by atoms with E-state index in [0.717, 1.165) is 38.5 Å². The fourth-order valence-electron chi connectivity index (χ4n) is 2.10. The molecule has 4 nitrogen and oxygen atoms in total. The van der Waals surface area contributed by atoms with Crippen molar-refractivity contribution >= 4 is 5.91 Å². The lowest BCUT2D eigenvalue weighted by Crippen LogP contribution is -2.45. The molecule has 0 aliphatic rings. The van der Waals surface area contributed by atoms with Gasteiger partial charge >= 0.3 is 0 Å². The van der Waals surface area contributed by atoms with E-state index in [-0.39, 0.29) is 12.5 Å². The third-order valence-corrected chi connectivity index (χ3v) is 3.52. The van der Waals surface area contributed by atoms with E-state index < -0.39 is 12.1 Å². The monoisotopic (exact) mass is 299 g/mol. The van der Waals surface area contributed by atoms with Gasteiger partial charge in [-0.3, -0.25) is 4.79 Å². The van der Waals surface area contributed by atoms with Crippen molar-refractivity contribution in [3.8, 4) is 0 Å². The number of nitrogens with one attached hydrogen (secondary N) is 1. The summed E-state index contributed by atoms with van der Waals surface area (Å²) in [5, 5.41) is 21.9. The maximum Gasteiger partial charge on any atom is 0.220 e. The molecule has 0 fully saturated rings. The van der Waals surface area contributed by atoms with Crippen LogP contribution in [0.25, 0.3) is 0 Å². The summed E-state index contributed by atoms with van der Waals surface area (Å²) in [4.78, 5) is 11.8. The van der Waals surface area contributed by atoms with Gasteiger partial charge in [-0.1, -0.05) is 64.5 Å². The summed E-state index contributed by atoms with van der Waals surface area (Å²) in [6, 6.07) is -0.606. The molecular formula is C17H33NO3. The first-order chi connectivity index (χ1) is 10.2. The number of carbonyl (C=O) groups excluding carboxylic acids is 1. The van der Waals surface area contributed by atoms with Crippen LogP contribution in [0, 0.1) is 0 Å². The first-order valence-corrected chi connectivity index (χ1v) is 8.40. The van der Waals surface area contributed by atoms with Crippen LogP contribution < -0.4 is 5.32 Å². The molecule has 0 bridgehead atoms. The Morgan fingerprint density at radius 3 is 2.38 bits per heavy atom. The normalized spacial score (nSPS) is 14.3. The fraction of sp³-hybridized carbons (Fsp3) is 0.824.